The van der Waals surface area contributed by atoms with E-state index < -0.39 is 40.0 Å². The average molecular weight is 728 g/mol. The zero-order chi connectivity index (χ0) is 36.5. The summed E-state index contributed by atoms with van der Waals surface area (Å²) in [5, 5.41) is 14.0. The summed E-state index contributed by atoms with van der Waals surface area (Å²) in [5.41, 5.74) is 4.74. The molecular formula is C36H42BN7O5S2. The third-order valence-corrected chi connectivity index (χ3v) is 10.3. The van der Waals surface area contributed by atoms with Gasteiger partial charge in [-0.05, 0) is 68.0 Å². The highest BCUT2D eigenvalue weighted by molar-refractivity contribution is 7.92. The minimum atomic E-state index is -3.89. The summed E-state index contributed by atoms with van der Waals surface area (Å²) in [6.45, 7) is 4.42. The molecule has 1 fully saturated rings. The number of hydrogen-bond donors (Lipinski definition) is 4. The van der Waals surface area contributed by atoms with Gasteiger partial charge in [0.1, 0.15) is 7.85 Å². The summed E-state index contributed by atoms with van der Waals surface area (Å²) in [5.74, 6) is -0.606. The van der Waals surface area contributed by atoms with Gasteiger partial charge in [0.05, 0.1) is 41.8 Å². The van der Waals surface area contributed by atoms with E-state index in [2.05, 4.69) is 31.2 Å². The van der Waals surface area contributed by atoms with Crippen molar-refractivity contribution in [3.63, 3.8) is 0 Å². The maximum Gasteiger partial charge on any atom is 0.251 e. The number of thiazole rings is 1. The van der Waals surface area contributed by atoms with E-state index in [9.17, 15) is 22.8 Å². The molecule has 12 nitrogen and oxygen atoms in total. The van der Waals surface area contributed by atoms with Crippen molar-refractivity contribution in [1.29, 1.82) is 0 Å². The van der Waals surface area contributed by atoms with Gasteiger partial charge in [-0.25, -0.2) is 13.4 Å². The lowest BCUT2D eigenvalue weighted by atomic mass is 9.95. The maximum atomic E-state index is 14.0. The van der Waals surface area contributed by atoms with Gasteiger partial charge in [-0.2, -0.15) is 0 Å². The van der Waals surface area contributed by atoms with E-state index in [4.69, 9.17) is 7.85 Å². The fourth-order valence-corrected chi connectivity index (χ4v) is 6.81. The standard InChI is InChI=1S/C36H42BN7O5S2/c1-23(27-5-4-12-38-18-27)42-35(46)28-13-29(15-33(14-28)44(51(3,48)49)20-26-8-10-30(37)11-9-26)36(47)43-31(16-32-21-50-22-41-32)19-39-24(2)34(45)40-17-25-6-7-25/h4-5,8-15,18,21-25,31,39H,6-7,16-17,19-20H2,1-3H3,(H,40,45)(H,42,46)(H,43,47)/t23?,24-,31-/m0/s1. The van der Waals surface area contributed by atoms with Crippen LogP contribution in [-0.2, 0) is 27.8 Å². The Kier molecular flexibility index (Phi) is 12.6. The number of benzene rings is 2. The largest absolute Gasteiger partial charge is 0.354 e. The second-order valence-corrected chi connectivity index (χ2v) is 15.6. The molecule has 0 saturated heterocycles. The summed E-state index contributed by atoms with van der Waals surface area (Å²) in [4.78, 5) is 48.9. The number of amides is 3. The minimum Gasteiger partial charge on any atom is -0.354 e. The highest BCUT2D eigenvalue weighted by atomic mass is 32.2. The zero-order valence-electron chi connectivity index (χ0n) is 28.8. The average Bonchev–Trinajstić information content (AvgIpc) is 3.81. The van der Waals surface area contributed by atoms with Crippen LogP contribution >= 0.6 is 11.3 Å². The topological polar surface area (TPSA) is 162 Å². The minimum absolute atomic E-state index is 0.0611. The summed E-state index contributed by atoms with van der Waals surface area (Å²) in [6, 6.07) is 13.3. The number of rotatable bonds is 17. The fraction of sp³-hybridized carbons (Fsp3) is 0.361. The Morgan fingerprint density at radius 2 is 1.73 bits per heavy atom. The summed E-state index contributed by atoms with van der Waals surface area (Å²) in [7, 11) is 1.96. The number of hydrogen-bond acceptors (Lipinski definition) is 9. The molecule has 0 aliphatic heterocycles. The van der Waals surface area contributed by atoms with Crippen LogP contribution in [0, 0.1) is 5.92 Å². The van der Waals surface area contributed by atoms with E-state index in [0.717, 1.165) is 34.7 Å². The molecule has 1 saturated carbocycles. The lowest BCUT2D eigenvalue weighted by Gasteiger charge is -2.25. The van der Waals surface area contributed by atoms with Crippen LogP contribution < -0.4 is 31.0 Å². The van der Waals surface area contributed by atoms with E-state index in [-0.39, 0.29) is 35.8 Å². The first-order chi connectivity index (χ1) is 24.4. The van der Waals surface area contributed by atoms with Crippen LogP contribution in [0.5, 0.6) is 0 Å². The first kappa shape index (κ1) is 37.7. The van der Waals surface area contributed by atoms with Crippen LogP contribution in [0.15, 0.2) is 77.9 Å². The van der Waals surface area contributed by atoms with Gasteiger partial charge < -0.3 is 21.3 Å². The van der Waals surface area contributed by atoms with Crippen molar-refractivity contribution in [2.45, 2.75) is 57.8 Å². The predicted molar refractivity (Wildman–Crippen MR) is 200 cm³/mol. The molecule has 3 atom stereocenters. The van der Waals surface area contributed by atoms with Crippen LogP contribution in [0.25, 0.3) is 0 Å². The first-order valence-electron chi connectivity index (χ1n) is 16.7. The van der Waals surface area contributed by atoms with Gasteiger partial charge >= 0.3 is 0 Å². The molecule has 4 aromatic rings. The monoisotopic (exact) mass is 727 g/mol. The van der Waals surface area contributed by atoms with Gasteiger partial charge in [0, 0.05) is 54.5 Å². The molecule has 15 heteroatoms. The van der Waals surface area contributed by atoms with Crippen LogP contribution in [0.3, 0.4) is 0 Å². The molecule has 0 spiro atoms. The molecule has 4 N–H and O–H groups in total. The van der Waals surface area contributed by atoms with Crippen LogP contribution in [-0.4, -0.2) is 75.4 Å². The van der Waals surface area contributed by atoms with Crippen molar-refractivity contribution in [2.24, 2.45) is 5.92 Å². The van der Waals surface area contributed by atoms with E-state index in [0.29, 0.717) is 29.9 Å². The predicted octanol–water partition coefficient (Wildman–Crippen LogP) is 2.63. The number of carbonyl (C=O) groups excluding carboxylic acids is 3. The van der Waals surface area contributed by atoms with Gasteiger partial charge in [-0.3, -0.25) is 23.7 Å². The second kappa shape index (κ2) is 17.1. The van der Waals surface area contributed by atoms with Crippen molar-refractivity contribution >= 4 is 58.1 Å². The molecule has 2 radical (unpaired) electrons. The number of pyridine rings is 1. The SMILES string of the molecule is [B]c1ccc(CN(c2cc(C(=O)NC(C)c3cccnc3)cc(C(=O)N[C@H](CN[C@@H](C)C(=O)NCC3CC3)Cc3cscn3)c2)S(C)(=O)=O)cc1. The van der Waals surface area contributed by atoms with E-state index in [1.807, 2.05) is 11.4 Å². The van der Waals surface area contributed by atoms with Gasteiger partial charge in [0.25, 0.3) is 11.8 Å². The number of sulfonamides is 1. The lowest BCUT2D eigenvalue weighted by Crippen LogP contribution is -2.49. The van der Waals surface area contributed by atoms with Crippen molar-refractivity contribution in [3.05, 3.63) is 106 Å². The van der Waals surface area contributed by atoms with E-state index in [1.165, 1.54) is 29.5 Å². The summed E-state index contributed by atoms with van der Waals surface area (Å²) < 4.78 is 27.6. The Labute approximate surface area is 304 Å². The van der Waals surface area contributed by atoms with Crippen molar-refractivity contribution in [2.75, 3.05) is 23.7 Å². The van der Waals surface area contributed by atoms with Crippen molar-refractivity contribution in [3.8, 4) is 0 Å². The molecule has 2 aromatic heterocycles. The van der Waals surface area contributed by atoms with Crippen molar-refractivity contribution in [1.82, 2.24) is 31.2 Å². The zero-order valence-corrected chi connectivity index (χ0v) is 30.5. The molecule has 5 rings (SSSR count). The quantitative estimate of drug-likeness (QED) is 0.121. The molecule has 3 amide bonds. The van der Waals surface area contributed by atoms with Crippen LogP contribution in [0.1, 0.15) is 70.3 Å². The molecule has 2 aromatic carbocycles. The van der Waals surface area contributed by atoms with Gasteiger partial charge in [0.2, 0.25) is 15.9 Å². The van der Waals surface area contributed by atoms with Gasteiger partial charge in [0.15, 0.2) is 0 Å². The van der Waals surface area contributed by atoms with Crippen LogP contribution in [0.2, 0.25) is 0 Å². The third kappa shape index (κ3) is 11.2. The van der Waals surface area contributed by atoms with Crippen molar-refractivity contribution < 1.29 is 22.8 Å². The highest BCUT2D eigenvalue weighted by Gasteiger charge is 2.26. The third-order valence-electron chi connectivity index (χ3n) is 8.57. The van der Waals surface area contributed by atoms with Crippen LogP contribution in [0.4, 0.5) is 5.69 Å². The molecule has 266 valence electrons. The molecule has 51 heavy (non-hydrogen) atoms. The highest BCUT2D eigenvalue weighted by Crippen LogP contribution is 2.28. The Hall–Kier alpha value is -4.60. The number of nitrogens with one attached hydrogen (secondary N) is 4. The maximum absolute atomic E-state index is 14.0. The van der Waals surface area contributed by atoms with E-state index >= 15 is 0 Å². The number of carbonyl (C=O) groups is 3. The fourth-order valence-electron chi connectivity index (χ4n) is 5.37. The summed E-state index contributed by atoms with van der Waals surface area (Å²) >= 11 is 1.43. The summed E-state index contributed by atoms with van der Waals surface area (Å²) in [6.07, 6.45) is 6.98. The Morgan fingerprint density at radius 1 is 1.02 bits per heavy atom. The van der Waals surface area contributed by atoms with Gasteiger partial charge in [-0.15, -0.1) is 11.3 Å². The molecule has 1 aliphatic rings. The lowest BCUT2D eigenvalue weighted by molar-refractivity contribution is -0.122. The number of anilines is 1. The number of aromatic nitrogens is 2. The first-order valence-corrected chi connectivity index (χ1v) is 19.5. The smallest absolute Gasteiger partial charge is 0.251 e. The van der Waals surface area contributed by atoms with Gasteiger partial charge in [-0.1, -0.05) is 35.8 Å². The second-order valence-electron chi connectivity index (χ2n) is 12.9. The molecule has 1 aliphatic carbocycles. The molecular weight excluding hydrogens is 685 g/mol. The van der Waals surface area contributed by atoms with E-state index in [1.54, 1.807) is 62.1 Å². The Balaban J connectivity index is 1.43. The normalized spacial score (nSPS) is 14.6. The Morgan fingerprint density at radius 3 is 2.33 bits per heavy atom. The molecule has 2 heterocycles. The molecule has 0 bridgehead atoms. The number of nitrogens with zero attached hydrogens (tertiary/aromatic N) is 3. The Bertz CT molecular complexity index is 1910. The molecule has 1 unspecified atom stereocenters.